The molecular formula is C18H20N2O. The summed E-state index contributed by atoms with van der Waals surface area (Å²) in [5, 5.41) is 0. The fraction of sp³-hybridized carbons (Fsp3) is 0.333. The summed E-state index contributed by atoms with van der Waals surface area (Å²) in [5.41, 5.74) is 3.49. The highest BCUT2D eigenvalue weighted by Crippen LogP contribution is 2.28. The summed E-state index contributed by atoms with van der Waals surface area (Å²) in [7, 11) is 0. The largest absolute Gasteiger partial charge is 0.474 e. The maximum Gasteiger partial charge on any atom is 0.236 e. The zero-order valence-electron chi connectivity index (χ0n) is 12.7. The molecule has 0 N–H and O–H groups in total. The SMILES string of the molecule is CC(C)(C)c1ccc([C@@H]2COC(c3ccccn3)=N2)cc1. The van der Waals surface area contributed by atoms with E-state index in [4.69, 9.17) is 4.74 Å². The van der Waals surface area contributed by atoms with Crippen LogP contribution in [0.25, 0.3) is 0 Å². The smallest absolute Gasteiger partial charge is 0.236 e. The molecule has 2 aromatic rings. The fourth-order valence-corrected chi connectivity index (χ4v) is 2.38. The van der Waals surface area contributed by atoms with Crippen molar-refractivity contribution < 1.29 is 4.74 Å². The molecule has 1 aliphatic rings. The number of hydrogen-bond donors (Lipinski definition) is 0. The lowest BCUT2D eigenvalue weighted by atomic mass is 9.86. The third-order valence-electron chi connectivity index (χ3n) is 3.70. The molecular weight excluding hydrogens is 260 g/mol. The Balaban J connectivity index is 1.81. The van der Waals surface area contributed by atoms with Crippen molar-refractivity contribution in [3.63, 3.8) is 0 Å². The minimum Gasteiger partial charge on any atom is -0.474 e. The Labute approximate surface area is 125 Å². The van der Waals surface area contributed by atoms with Gasteiger partial charge in [-0.15, -0.1) is 0 Å². The van der Waals surface area contributed by atoms with Crippen LogP contribution in [0.5, 0.6) is 0 Å². The molecule has 1 atom stereocenters. The molecule has 3 rings (SSSR count). The monoisotopic (exact) mass is 280 g/mol. The molecule has 0 saturated carbocycles. The van der Waals surface area contributed by atoms with E-state index in [1.807, 2.05) is 18.2 Å². The van der Waals surface area contributed by atoms with Gasteiger partial charge in [0, 0.05) is 6.20 Å². The van der Waals surface area contributed by atoms with Gasteiger partial charge in [-0.2, -0.15) is 0 Å². The van der Waals surface area contributed by atoms with Crippen LogP contribution in [0.3, 0.4) is 0 Å². The molecule has 21 heavy (non-hydrogen) atoms. The number of pyridine rings is 1. The first kappa shape index (κ1) is 13.8. The highest BCUT2D eigenvalue weighted by atomic mass is 16.5. The molecule has 0 amide bonds. The average molecular weight is 280 g/mol. The topological polar surface area (TPSA) is 34.5 Å². The first-order chi connectivity index (χ1) is 10.0. The Morgan fingerprint density at radius 2 is 1.81 bits per heavy atom. The number of hydrogen-bond acceptors (Lipinski definition) is 3. The first-order valence-corrected chi connectivity index (χ1v) is 7.26. The van der Waals surface area contributed by atoms with E-state index in [2.05, 4.69) is 55.0 Å². The molecule has 1 aromatic carbocycles. The van der Waals surface area contributed by atoms with Crippen molar-refractivity contribution in [2.75, 3.05) is 6.61 Å². The van der Waals surface area contributed by atoms with E-state index in [0.717, 1.165) is 5.69 Å². The van der Waals surface area contributed by atoms with Crippen molar-refractivity contribution in [1.29, 1.82) is 0 Å². The van der Waals surface area contributed by atoms with Gasteiger partial charge in [0.2, 0.25) is 5.90 Å². The Morgan fingerprint density at radius 3 is 2.43 bits per heavy atom. The lowest BCUT2D eigenvalue weighted by Crippen LogP contribution is -2.11. The van der Waals surface area contributed by atoms with Crippen LogP contribution in [0.15, 0.2) is 53.7 Å². The van der Waals surface area contributed by atoms with E-state index in [0.29, 0.717) is 12.5 Å². The molecule has 2 heterocycles. The number of aromatic nitrogens is 1. The minimum absolute atomic E-state index is 0.0658. The Hall–Kier alpha value is -2.16. The van der Waals surface area contributed by atoms with Crippen molar-refractivity contribution in [2.45, 2.75) is 32.2 Å². The van der Waals surface area contributed by atoms with Crippen molar-refractivity contribution in [2.24, 2.45) is 4.99 Å². The number of aliphatic imine (C=N–C) groups is 1. The maximum atomic E-state index is 5.69. The summed E-state index contributed by atoms with van der Waals surface area (Å²) in [5.74, 6) is 0.639. The zero-order valence-corrected chi connectivity index (χ0v) is 12.7. The Bertz CT molecular complexity index is 639. The standard InChI is InChI=1S/C18H20N2O/c1-18(2,3)14-9-7-13(8-10-14)16-12-21-17(20-16)15-6-4-5-11-19-15/h4-11,16H,12H2,1-3H3/t16-/m0/s1. The Morgan fingerprint density at radius 1 is 1.05 bits per heavy atom. The summed E-state index contributed by atoms with van der Waals surface area (Å²) in [6, 6.07) is 14.5. The molecule has 1 aromatic heterocycles. The highest BCUT2D eigenvalue weighted by molar-refractivity contribution is 5.93. The molecule has 0 spiro atoms. The molecule has 0 radical (unpaired) electrons. The van der Waals surface area contributed by atoms with E-state index in [-0.39, 0.29) is 11.5 Å². The van der Waals surface area contributed by atoms with Gasteiger partial charge in [-0.1, -0.05) is 51.1 Å². The van der Waals surface area contributed by atoms with Crippen LogP contribution in [0.2, 0.25) is 0 Å². The summed E-state index contributed by atoms with van der Waals surface area (Å²) < 4.78 is 5.69. The predicted octanol–water partition coefficient (Wildman–Crippen LogP) is 3.90. The van der Waals surface area contributed by atoms with Gasteiger partial charge in [-0.3, -0.25) is 4.98 Å². The average Bonchev–Trinajstić information content (AvgIpc) is 2.97. The van der Waals surface area contributed by atoms with Crippen molar-refractivity contribution in [1.82, 2.24) is 4.98 Å². The number of nitrogens with zero attached hydrogens (tertiary/aromatic N) is 2. The summed E-state index contributed by atoms with van der Waals surface area (Å²) in [6.45, 7) is 7.24. The zero-order chi connectivity index (χ0) is 14.9. The second-order valence-electron chi connectivity index (χ2n) is 6.35. The van der Waals surface area contributed by atoms with Gasteiger partial charge in [0.25, 0.3) is 0 Å². The quantitative estimate of drug-likeness (QED) is 0.836. The van der Waals surface area contributed by atoms with Crippen LogP contribution in [0, 0.1) is 0 Å². The first-order valence-electron chi connectivity index (χ1n) is 7.26. The molecule has 0 bridgehead atoms. The van der Waals surface area contributed by atoms with Crippen molar-refractivity contribution in [3.05, 3.63) is 65.5 Å². The van der Waals surface area contributed by atoms with Crippen LogP contribution in [0.4, 0.5) is 0 Å². The molecule has 0 saturated heterocycles. The van der Waals surface area contributed by atoms with Gasteiger partial charge < -0.3 is 4.74 Å². The van der Waals surface area contributed by atoms with E-state index in [1.165, 1.54) is 11.1 Å². The van der Waals surface area contributed by atoms with Crippen LogP contribution < -0.4 is 0 Å². The van der Waals surface area contributed by atoms with Crippen LogP contribution in [0.1, 0.15) is 43.6 Å². The molecule has 1 aliphatic heterocycles. The molecule has 0 aliphatic carbocycles. The fourth-order valence-electron chi connectivity index (χ4n) is 2.38. The summed E-state index contributed by atoms with van der Waals surface area (Å²) in [4.78, 5) is 8.93. The van der Waals surface area contributed by atoms with Gasteiger partial charge in [0.05, 0.1) is 0 Å². The summed E-state index contributed by atoms with van der Waals surface area (Å²) in [6.07, 6.45) is 1.76. The van der Waals surface area contributed by atoms with E-state index < -0.39 is 0 Å². The van der Waals surface area contributed by atoms with Crippen molar-refractivity contribution >= 4 is 5.90 Å². The van der Waals surface area contributed by atoms with Gasteiger partial charge >= 0.3 is 0 Å². The van der Waals surface area contributed by atoms with Gasteiger partial charge in [-0.05, 0) is 28.7 Å². The molecule has 108 valence electrons. The van der Waals surface area contributed by atoms with Gasteiger partial charge in [0.15, 0.2) is 0 Å². The van der Waals surface area contributed by atoms with Crippen LogP contribution >= 0.6 is 0 Å². The van der Waals surface area contributed by atoms with Crippen LogP contribution in [-0.4, -0.2) is 17.5 Å². The van der Waals surface area contributed by atoms with Gasteiger partial charge in [0.1, 0.15) is 18.3 Å². The van der Waals surface area contributed by atoms with E-state index >= 15 is 0 Å². The lowest BCUT2D eigenvalue weighted by molar-refractivity contribution is 0.319. The summed E-state index contributed by atoms with van der Waals surface area (Å²) >= 11 is 0. The second-order valence-corrected chi connectivity index (χ2v) is 6.35. The Kier molecular flexibility index (Phi) is 3.50. The van der Waals surface area contributed by atoms with E-state index in [1.54, 1.807) is 6.20 Å². The molecule has 3 heteroatoms. The third-order valence-corrected chi connectivity index (χ3v) is 3.70. The third kappa shape index (κ3) is 2.97. The molecule has 0 fully saturated rings. The molecule has 3 nitrogen and oxygen atoms in total. The van der Waals surface area contributed by atoms with Crippen molar-refractivity contribution in [3.8, 4) is 0 Å². The van der Waals surface area contributed by atoms with E-state index in [9.17, 15) is 0 Å². The number of ether oxygens (including phenoxy) is 1. The normalized spacial score (nSPS) is 18.2. The number of rotatable bonds is 2. The van der Waals surface area contributed by atoms with Crippen LogP contribution in [-0.2, 0) is 10.2 Å². The second kappa shape index (κ2) is 5.32. The highest BCUT2D eigenvalue weighted by Gasteiger charge is 2.23. The molecule has 0 unspecified atom stereocenters. The lowest BCUT2D eigenvalue weighted by Gasteiger charge is -2.19. The van der Waals surface area contributed by atoms with Gasteiger partial charge in [-0.25, -0.2) is 4.99 Å². The maximum absolute atomic E-state index is 5.69. The number of benzene rings is 1. The minimum atomic E-state index is 0.0658. The predicted molar refractivity (Wildman–Crippen MR) is 84.6 cm³/mol.